The van der Waals surface area contributed by atoms with E-state index < -0.39 is 29.7 Å². The minimum atomic E-state index is -0.969. The van der Waals surface area contributed by atoms with Crippen LogP contribution in [0.25, 0.3) is 22.0 Å². The summed E-state index contributed by atoms with van der Waals surface area (Å²) >= 11 is 0. The first kappa shape index (κ1) is 39.9. The van der Waals surface area contributed by atoms with Gasteiger partial charge in [-0.25, -0.2) is 0 Å². The quantitative estimate of drug-likeness (QED) is 0.100. The maximum atomic E-state index is 13.3. The zero-order valence-electron chi connectivity index (χ0n) is 32.4. The van der Waals surface area contributed by atoms with Crippen LogP contribution < -0.4 is 31.0 Å². The number of piperidine rings is 1. The number of aromatic nitrogens is 3. The minimum Gasteiger partial charge on any atom is -0.496 e. The predicted octanol–water partition coefficient (Wildman–Crippen LogP) is 3.54. The second-order valence-electron chi connectivity index (χ2n) is 14.3. The normalized spacial score (nSPS) is 15.4. The lowest BCUT2D eigenvalue weighted by molar-refractivity contribution is -0.136. The first-order valence-electron chi connectivity index (χ1n) is 19.1. The number of nitrogens with zero attached hydrogens (tertiary/aromatic N) is 4. The highest BCUT2D eigenvalue weighted by Crippen LogP contribution is 2.37. The Morgan fingerprint density at radius 2 is 1.61 bits per heavy atom. The Morgan fingerprint density at radius 3 is 2.30 bits per heavy atom. The van der Waals surface area contributed by atoms with Crippen LogP contribution in [0.2, 0.25) is 0 Å². The van der Waals surface area contributed by atoms with E-state index in [1.54, 1.807) is 57.5 Å². The van der Waals surface area contributed by atoms with Crippen LogP contribution in [0.4, 0.5) is 0 Å². The molecule has 1 saturated heterocycles. The lowest BCUT2D eigenvalue weighted by atomic mass is 9.97. The molecule has 2 aromatic carbocycles. The Kier molecular flexibility index (Phi) is 12.6. The lowest BCUT2D eigenvalue weighted by Crippen LogP contribution is -2.54. The summed E-state index contributed by atoms with van der Waals surface area (Å²) in [5.74, 6) is -0.870. The number of unbranched alkanes of at least 4 members (excludes halogenated alkanes) is 6. The molecule has 3 N–H and O–H groups in total. The fraction of sp³-hybridized carbons (Fsp3) is 0.439. The zero-order valence-corrected chi connectivity index (χ0v) is 32.4. The summed E-state index contributed by atoms with van der Waals surface area (Å²) in [5, 5.41) is 13.4. The molecular formula is C41H49N7O8. The number of carbonyl (C=O) groups is 5. The third-order valence-electron chi connectivity index (χ3n) is 10.6. The molecule has 2 aromatic heterocycles. The Balaban J connectivity index is 0.883. The standard InChI is InChI=1S/C41H49N7O8/c1-46-24-30(28-22-44-47(2)37(28)41(46)54)26-19-32(55-3)29(33(20-26)56-4)21-42-23-35(50)43-18-11-9-7-5-6-8-10-13-25-14-12-15-27-36(25)40(53)48(39(27)52)31-16-17-34(49)45-38(31)51/h12,14-15,19-20,22,24,31,42H,5-11,13,16-18,21,23H2,1-4H3,(H,43,50)(H,45,49,51). The SMILES string of the molecule is COc1cc(-c2cn(C)c(=O)c3c2cnn3C)cc(OC)c1CNCC(=O)NCCCCCCCCCc1cccc2c1C(=O)N(C1CCC(=O)NC1=O)C2=O. The van der Waals surface area contributed by atoms with Gasteiger partial charge in [0.05, 0.1) is 38.1 Å². The topological polar surface area (TPSA) is 183 Å². The van der Waals surface area contributed by atoms with Crippen molar-refractivity contribution in [3.05, 3.63) is 75.3 Å². The molecule has 4 aromatic rings. The van der Waals surface area contributed by atoms with Crippen molar-refractivity contribution in [1.29, 1.82) is 0 Å². The van der Waals surface area contributed by atoms with Crippen LogP contribution in [0.5, 0.6) is 11.5 Å². The fourth-order valence-corrected chi connectivity index (χ4v) is 7.63. The second kappa shape index (κ2) is 17.8. The number of nitrogens with one attached hydrogen (secondary N) is 3. The van der Waals surface area contributed by atoms with E-state index in [-0.39, 0.29) is 30.9 Å². The van der Waals surface area contributed by atoms with Crippen LogP contribution in [0.15, 0.2) is 47.5 Å². The van der Waals surface area contributed by atoms with E-state index in [4.69, 9.17) is 9.47 Å². The predicted molar refractivity (Wildman–Crippen MR) is 208 cm³/mol. The van der Waals surface area contributed by atoms with Gasteiger partial charge in [0.1, 0.15) is 23.1 Å². The molecule has 15 nitrogen and oxygen atoms in total. The molecule has 1 atom stereocenters. The van der Waals surface area contributed by atoms with Crippen molar-refractivity contribution < 1.29 is 33.4 Å². The number of pyridine rings is 1. The van der Waals surface area contributed by atoms with Crippen molar-refractivity contribution in [2.45, 2.75) is 76.8 Å². The molecule has 2 aliphatic rings. The minimum absolute atomic E-state index is 0.0899. The number of ether oxygens (including phenoxy) is 2. The van der Waals surface area contributed by atoms with Gasteiger partial charge in [-0.15, -0.1) is 0 Å². The molecule has 296 valence electrons. The zero-order chi connectivity index (χ0) is 39.9. The van der Waals surface area contributed by atoms with Gasteiger partial charge in [0.25, 0.3) is 17.4 Å². The number of amides is 5. The number of aryl methyl sites for hydroxylation is 3. The van der Waals surface area contributed by atoms with E-state index in [9.17, 15) is 28.8 Å². The van der Waals surface area contributed by atoms with Crippen LogP contribution in [0.1, 0.15) is 89.6 Å². The summed E-state index contributed by atoms with van der Waals surface area (Å²) in [7, 11) is 6.61. The van der Waals surface area contributed by atoms with Gasteiger partial charge in [-0.1, -0.05) is 44.2 Å². The van der Waals surface area contributed by atoms with Gasteiger partial charge < -0.3 is 24.7 Å². The number of hydrogen-bond donors (Lipinski definition) is 3. The lowest BCUT2D eigenvalue weighted by Gasteiger charge is -2.27. The Morgan fingerprint density at radius 1 is 0.911 bits per heavy atom. The Bertz CT molecular complexity index is 2200. The number of carbonyl (C=O) groups excluding carboxylic acids is 5. The number of imide groups is 2. The average molecular weight is 768 g/mol. The van der Waals surface area contributed by atoms with E-state index in [0.29, 0.717) is 47.7 Å². The Labute approximate surface area is 324 Å². The third-order valence-corrected chi connectivity index (χ3v) is 10.6. The van der Waals surface area contributed by atoms with Gasteiger partial charge in [-0.2, -0.15) is 5.10 Å². The number of benzene rings is 2. The van der Waals surface area contributed by atoms with Crippen LogP contribution >= 0.6 is 0 Å². The molecule has 15 heteroatoms. The highest BCUT2D eigenvalue weighted by molar-refractivity contribution is 6.24. The van der Waals surface area contributed by atoms with Gasteiger partial charge in [-0.3, -0.25) is 43.7 Å². The highest BCUT2D eigenvalue weighted by Gasteiger charge is 2.45. The monoisotopic (exact) mass is 767 g/mol. The molecule has 6 rings (SSSR count). The maximum absolute atomic E-state index is 13.3. The van der Waals surface area contributed by atoms with Crippen LogP contribution in [-0.2, 0) is 41.4 Å². The van der Waals surface area contributed by atoms with E-state index in [0.717, 1.165) is 77.5 Å². The van der Waals surface area contributed by atoms with Crippen molar-refractivity contribution in [2.75, 3.05) is 27.3 Å². The molecule has 5 amide bonds. The van der Waals surface area contributed by atoms with E-state index in [2.05, 4.69) is 21.0 Å². The average Bonchev–Trinajstić information content (AvgIpc) is 3.70. The molecule has 1 fully saturated rings. The second-order valence-corrected chi connectivity index (χ2v) is 14.3. The van der Waals surface area contributed by atoms with Crippen LogP contribution in [0.3, 0.4) is 0 Å². The molecule has 2 aliphatic heterocycles. The largest absolute Gasteiger partial charge is 0.496 e. The molecule has 0 aliphatic carbocycles. The van der Waals surface area contributed by atoms with Gasteiger partial charge in [0, 0.05) is 56.3 Å². The van der Waals surface area contributed by atoms with Crippen LogP contribution in [0, 0.1) is 0 Å². The molecule has 1 unspecified atom stereocenters. The molecule has 0 saturated carbocycles. The van der Waals surface area contributed by atoms with Gasteiger partial charge in [0.15, 0.2) is 0 Å². The molecular weight excluding hydrogens is 718 g/mol. The van der Waals surface area contributed by atoms with E-state index in [1.807, 2.05) is 18.2 Å². The van der Waals surface area contributed by atoms with Gasteiger partial charge in [0.2, 0.25) is 17.7 Å². The van der Waals surface area contributed by atoms with Crippen molar-refractivity contribution in [3.63, 3.8) is 0 Å². The van der Waals surface area contributed by atoms with Crippen molar-refractivity contribution in [1.82, 2.24) is 35.2 Å². The van der Waals surface area contributed by atoms with Crippen LogP contribution in [-0.4, -0.2) is 82.1 Å². The van der Waals surface area contributed by atoms with E-state index in [1.165, 1.54) is 4.57 Å². The summed E-state index contributed by atoms with van der Waals surface area (Å²) in [6, 6.07) is 8.08. The summed E-state index contributed by atoms with van der Waals surface area (Å²) in [6.45, 7) is 1.06. The van der Waals surface area contributed by atoms with Gasteiger partial charge in [-0.05, 0) is 55.0 Å². The first-order valence-corrected chi connectivity index (χ1v) is 19.1. The number of hydrogen-bond acceptors (Lipinski definition) is 10. The van der Waals surface area contributed by atoms with Crippen molar-refractivity contribution in [3.8, 4) is 22.6 Å². The van der Waals surface area contributed by atoms with Crippen molar-refractivity contribution >= 4 is 40.4 Å². The molecule has 0 spiro atoms. The van der Waals surface area contributed by atoms with E-state index >= 15 is 0 Å². The smallest absolute Gasteiger partial charge is 0.276 e. The molecule has 4 heterocycles. The summed E-state index contributed by atoms with van der Waals surface area (Å²) in [4.78, 5) is 76.7. The first-order chi connectivity index (χ1) is 27.0. The number of methoxy groups -OCH3 is 2. The highest BCUT2D eigenvalue weighted by atomic mass is 16.5. The number of rotatable bonds is 18. The summed E-state index contributed by atoms with van der Waals surface area (Å²) in [6.07, 6.45) is 11.2. The maximum Gasteiger partial charge on any atom is 0.276 e. The summed E-state index contributed by atoms with van der Waals surface area (Å²) in [5.41, 5.74) is 4.26. The summed E-state index contributed by atoms with van der Waals surface area (Å²) < 4.78 is 14.6. The Hall–Kier alpha value is -5.83. The molecule has 56 heavy (non-hydrogen) atoms. The molecule has 0 bridgehead atoms. The van der Waals surface area contributed by atoms with Gasteiger partial charge >= 0.3 is 0 Å². The van der Waals surface area contributed by atoms with Crippen molar-refractivity contribution in [2.24, 2.45) is 14.1 Å². The fourth-order valence-electron chi connectivity index (χ4n) is 7.63. The third kappa shape index (κ3) is 8.37. The number of fused-ring (bicyclic) bond motifs is 2. The molecule has 0 radical (unpaired) electrons.